The first-order chi connectivity index (χ1) is 18.9. The van der Waals surface area contributed by atoms with E-state index in [2.05, 4.69) is 31.2 Å². The number of benzene rings is 2. The Kier molecular flexibility index (Phi) is 7.44. The Balaban J connectivity index is 1.34. The second kappa shape index (κ2) is 11.0. The van der Waals surface area contributed by atoms with Gasteiger partial charge in [0, 0.05) is 32.9 Å². The van der Waals surface area contributed by atoms with Crippen molar-refractivity contribution in [2.24, 2.45) is 0 Å². The molecule has 1 N–H and O–H groups in total. The van der Waals surface area contributed by atoms with Gasteiger partial charge in [-0.3, -0.25) is 4.98 Å². The maximum atomic E-state index is 13.9. The van der Waals surface area contributed by atoms with Crippen LogP contribution < -0.4 is 0 Å². The van der Waals surface area contributed by atoms with Crippen LogP contribution in [0.4, 0.5) is 13.2 Å². The molecule has 8 nitrogen and oxygen atoms in total. The second-order valence-electron chi connectivity index (χ2n) is 9.00. The number of pyridine rings is 1. The van der Waals surface area contributed by atoms with Crippen molar-refractivity contribution in [3.8, 4) is 11.3 Å². The van der Waals surface area contributed by atoms with Gasteiger partial charge in [-0.05, 0) is 34.1 Å². The van der Waals surface area contributed by atoms with Crippen LogP contribution in [0, 0.1) is 17.5 Å². The molecule has 0 radical (unpaired) electrons. The van der Waals surface area contributed by atoms with Crippen LogP contribution in [0.1, 0.15) is 17.9 Å². The summed E-state index contributed by atoms with van der Waals surface area (Å²) in [4.78, 5) is 4.92. The van der Waals surface area contributed by atoms with Crippen molar-refractivity contribution in [1.82, 2.24) is 20.0 Å². The van der Waals surface area contributed by atoms with Crippen LogP contribution >= 0.6 is 27.7 Å². The lowest BCUT2D eigenvalue weighted by atomic mass is 9.96. The van der Waals surface area contributed by atoms with Gasteiger partial charge in [0.15, 0.2) is 23.7 Å². The highest BCUT2D eigenvalue weighted by Crippen LogP contribution is 2.43. The molecule has 2 aliphatic heterocycles. The van der Waals surface area contributed by atoms with Gasteiger partial charge in [-0.1, -0.05) is 47.3 Å². The summed E-state index contributed by atoms with van der Waals surface area (Å²) in [6, 6.07) is 12.0. The van der Waals surface area contributed by atoms with Gasteiger partial charge in [-0.15, -0.1) is 5.10 Å². The second-order valence-corrected chi connectivity index (χ2v) is 11.1. The number of fused-ring (bicyclic) bond motifs is 1. The van der Waals surface area contributed by atoms with Crippen molar-refractivity contribution < 1.29 is 32.5 Å². The van der Waals surface area contributed by atoms with Gasteiger partial charge in [0.25, 0.3) is 0 Å². The van der Waals surface area contributed by atoms with E-state index in [0.717, 1.165) is 27.1 Å². The fourth-order valence-corrected chi connectivity index (χ4v) is 6.21. The van der Waals surface area contributed by atoms with Crippen LogP contribution in [0.3, 0.4) is 0 Å². The summed E-state index contributed by atoms with van der Waals surface area (Å²) in [5.41, 5.74) is 0.116. The highest BCUT2D eigenvalue weighted by atomic mass is 79.9. The molecule has 6 atom stereocenters. The van der Waals surface area contributed by atoms with E-state index in [1.807, 2.05) is 36.4 Å². The van der Waals surface area contributed by atoms with Crippen molar-refractivity contribution in [3.05, 3.63) is 94.6 Å². The van der Waals surface area contributed by atoms with Gasteiger partial charge in [-0.2, -0.15) is 0 Å². The number of hydrogen-bond donors (Lipinski definition) is 1. The van der Waals surface area contributed by atoms with Gasteiger partial charge < -0.3 is 19.3 Å². The van der Waals surface area contributed by atoms with E-state index in [1.165, 1.54) is 22.6 Å². The minimum atomic E-state index is -1.57. The molecule has 2 fully saturated rings. The van der Waals surface area contributed by atoms with Crippen molar-refractivity contribution >= 4 is 27.7 Å². The number of rotatable bonds is 5. The maximum Gasteiger partial charge on any atom is 0.194 e. The van der Waals surface area contributed by atoms with E-state index in [-0.39, 0.29) is 17.9 Å². The van der Waals surface area contributed by atoms with Crippen LogP contribution in [-0.4, -0.2) is 55.4 Å². The summed E-state index contributed by atoms with van der Waals surface area (Å²) in [5, 5.41) is 19.8. The average Bonchev–Trinajstić information content (AvgIpc) is 3.42. The molecule has 39 heavy (non-hydrogen) atoms. The third-order valence-corrected chi connectivity index (χ3v) is 7.98. The Morgan fingerprint density at radius 3 is 2.54 bits per heavy atom. The zero-order valence-corrected chi connectivity index (χ0v) is 22.3. The first kappa shape index (κ1) is 26.4. The fraction of sp³-hybridized carbons (Fsp3) is 0.269. The normalized spacial score (nSPS) is 26.8. The predicted octanol–water partition coefficient (Wildman–Crippen LogP) is 5.05. The molecule has 2 aromatic heterocycles. The number of ether oxygens (including phenoxy) is 3. The average molecular weight is 621 g/mol. The molecule has 0 bridgehead atoms. The predicted molar refractivity (Wildman–Crippen MR) is 137 cm³/mol. The first-order valence-corrected chi connectivity index (χ1v) is 13.5. The van der Waals surface area contributed by atoms with Crippen molar-refractivity contribution in [3.63, 3.8) is 0 Å². The molecule has 2 aliphatic rings. The number of hydrogen-bond acceptors (Lipinski definition) is 8. The lowest BCUT2D eigenvalue weighted by Gasteiger charge is -2.47. The highest BCUT2D eigenvalue weighted by Gasteiger charge is 2.51. The van der Waals surface area contributed by atoms with Gasteiger partial charge in [-0.25, -0.2) is 17.9 Å². The Labute approximate surface area is 233 Å². The molecule has 0 saturated carbocycles. The maximum absolute atomic E-state index is 13.9. The first-order valence-electron chi connectivity index (χ1n) is 11.9. The number of aliphatic hydroxyl groups excluding tert-OH is 1. The van der Waals surface area contributed by atoms with Crippen molar-refractivity contribution in [2.75, 3.05) is 6.61 Å². The molecule has 4 heterocycles. The highest BCUT2D eigenvalue weighted by molar-refractivity contribution is 9.10. The van der Waals surface area contributed by atoms with Gasteiger partial charge in [0.05, 0.1) is 12.8 Å². The number of thioether (sulfide) groups is 1. The lowest BCUT2D eigenvalue weighted by Crippen LogP contribution is -2.58. The number of nitrogens with zero attached hydrogens (tertiary/aromatic N) is 4. The molecule has 2 saturated heterocycles. The third-order valence-electron chi connectivity index (χ3n) is 6.43. The quantitative estimate of drug-likeness (QED) is 0.310. The minimum Gasteiger partial charge on any atom is -0.387 e. The topological polar surface area (TPSA) is 91.5 Å². The number of aliphatic hydroxyl groups is 1. The zero-order valence-electron chi connectivity index (χ0n) is 19.9. The SMILES string of the molecule is OC1C(n2cc(-c3cc(F)c(F)c(F)c3)nn2)[C@H]2OC(c3ccccc3)OCC2O[C@@H]1Sc1cncc(Br)c1. The van der Waals surface area contributed by atoms with Gasteiger partial charge in [0.1, 0.15) is 35.5 Å². The lowest BCUT2D eigenvalue weighted by molar-refractivity contribution is -0.306. The summed E-state index contributed by atoms with van der Waals surface area (Å²) in [5.74, 6) is -4.26. The molecule has 6 rings (SSSR count). The largest absolute Gasteiger partial charge is 0.387 e. The van der Waals surface area contributed by atoms with E-state index in [9.17, 15) is 18.3 Å². The molecule has 0 aliphatic carbocycles. The van der Waals surface area contributed by atoms with Gasteiger partial charge >= 0.3 is 0 Å². The molecule has 0 spiro atoms. The molecular weight excluding hydrogens is 601 g/mol. The molecule has 0 amide bonds. The van der Waals surface area contributed by atoms with Crippen LogP contribution in [0.15, 0.2) is 76.5 Å². The summed E-state index contributed by atoms with van der Waals surface area (Å²) in [6.45, 7) is 0.178. The standard InChI is InChI=1S/C26H20BrF3N4O4S/c27-15-8-16(10-31-9-15)39-26-23(35)22(24-20(37-26)12-36-25(38-24)13-4-2-1-3-5-13)34-11-19(32-33-34)14-6-17(28)21(30)18(29)7-14/h1-11,20,22-26,35H,12H2/t20?,22?,23?,24-,25?,26+/m0/s1. The Hall–Kier alpha value is -2.81. The van der Waals surface area contributed by atoms with E-state index in [4.69, 9.17) is 14.2 Å². The molecule has 4 unspecified atom stereocenters. The van der Waals surface area contributed by atoms with Crippen LogP contribution in [0.5, 0.6) is 0 Å². The van der Waals surface area contributed by atoms with E-state index in [1.54, 1.807) is 12.4 Å². The Morgan fingerprint density at radius 2 is 1.79 bits per heavy atom. The summed E-state index contributed by atoms with van der Waals surface area (Å²) in [6.07, 6.45) is 1.56. The molecule has 4 aromatic rings. The molecule has 13 heteroatoms. The summed E-state index contributed by atoms with van der Waals surface area (Å²) in [7, 11) is 0. The van der Waals surface area contributed by atoms with Crippen molar-refractivity contribution in [2.45, 2.75) is 41.0 Å². The molecule has 202 valence electrons. The summed E-state index contributed by atoms with van der Waals surface area (Å²) < 4.78 is 61.9. The zero-order chi connectivity index (χ0) is 27.1. The number of halogens is 4. The molecule has 2 aromatic carbocycles. The van der Waals surface area contributed by atoms with Crippen molar-refractivity contribution in [1.29, 1.82) is 0 Å². The Bertz CT molecular complexity index is 1460. The van der Waals surface area contributed by atoms with E-state index < -0.39 is 53.5 Å². The van der Waals surface area contributed by atoms with Crippen LogP contribution in [-0.2, 0) is 14.2 Å². The molecular formula is C26H20BrF3N4O4S. The third kappa shape index (κ3) is 5.34. The van der Waals surface area contributed by atoms with E-state index >= 15 is 0 Å². The van der Waals surface area contributed by atoms with Gasteiger partial charge in [0.2, 0.25) is 0 Å². The van der Waals surface area contributed by atoms with Crippen LogP contribution in [0.25, 0.3) is 11.3 Å². The Morgan fingerprint density at radius 1 is 1.03 bits per heavy atom. The minimum absolute atomic E-state index is 0.00283. The monoisotopic (exact) mass is 620 g/mol. The van der Waals surface area contributed by atoms with Crippen LogP contribution in [0.2, 0.25) is 0 Å². The number of aromatic nitrogens is 4. The van der Waals surface area contributed by atoms with E-state index in [0.29, 0.717) is 0 Å². The fourth-order valence-electron chi connectivity index (χ4n) is 4.61. The summed E-state index contributed by atoms with van der Waals surface area (Å²) >= 11 is 4.66. The smallest absolute Gasteiger partial charge is 0.194 e.